The Morgan fingerprint density at radius 2 is 2.38 bits per heavy atom. The molecule has 2 fully saturated rings. The number of carbonyl (C=O) groups excluding carboxylic acids is 1. The molecule has 0 saturated carbocycles. The van der Waals surface area contributed by atoms with Crippen molar-refractivity contribution in [3.63, 3.8) is 0 Å². The fraction of sp³-hybridized carbons (Fsp3) is 0.909. The summed E-state index contributed by atoms with van der Waals surface area (Å²) in [6.07, 6.45) is 1.61. The largest absolute Gasteiger partial charge is 0.364 e. The Balaban J connectivity index is 1.87. The molecule has 2 heterocycles. The molecule has 2 aliphatic rings. The number of carbonyl (C=O) groups is 1. The summed E-state index contributed by atoms with van der Waals surface area (Å²) >= 11 is 1.93. The van der Waals surface area contributed by atoms with Crippen LogP contribution in [0.2, 0.25) is 0 Å². The smallest absolute Gasteiger partial charge is 0.251 e. The molecular weight excluding hydrogens is 224 g/mol. The molecule has 1 amide bonds. The highest BCUT2D eigenvalue weighted by atomic mass is 32.2. The molecule has 0 spiro atoms. The van der Waals surface area contributed by atoms with Gasteiger partial charge in [0.05, 0.1) is 6.10 Å². The van der Waals surface area contributed by atoms with Gasteiger partial charge in [-0.15, -0.1) is 0 Å². The van der Waals surface area contributed by atoms with Crippen LogP contribution in [0.3, 0.4) is 0 Å². The Morgan fingerprint density at radius 1 is 1.56 bits per heavy atom. The van der Waals surface area contributed by atoms with Gasteiger partial charge in [0.1, 0.15) is 6.10 Å². The van der Waals surface area contributed by atoms with E-state index in [0.29, 0.717) is 11.8 Å². The molecule has 4 nitrogen and oxygen atoms in total. The quantitative estimate of drug-likeness (QED) is 0.766. The van der Waals surface area contributed by atoms with E-state index in [0.717, 1.165) is 31.7 Å². The Morgan fingerprint density at radius 3 is 3.00 bits per heavy atom. The Hall–Kier alpha value is -0.260. The van der Waals surface area contributed by atoms with Crippen LogP contribution in [0.25, 0.3) is 0 Å². The standard InChI is InChI=1S/C11H20N2O2S/c1-8-7-13(4-5-16-8)11(14)10-3-2-9(6-12)15-10/h8-10H,2-7,12H2,1H3/t8?,9-,10+/m1/s1. The molecule has 2 rings (SSSR count). The van der Waals surface area contributed by atoms with Gasteiger partial charge in [0.15, 0.2) is 0 Å². The molecule has 0 aromatic carbocycles. The van der Waals surface area contributed by atoms with Crippen molar-refractivity contribution in [3.8, 4) is 0 Å². The average molecular weight is 244 g/mol. The second-order valence-corrected chi connectivity index (χ2v) is 6.07. The summed E-state index contributed by atoms with van der Waals surface area (Å²) in [5.41, 5.74) is 5.54. The minimum absolute atomic E-state index is 0.0885. The molecule has 0 aromatic rings. The van der Waals surface area contributed by atoms with Crippen LogP contribution in [0.1, 0.15) is 19.8 Å². The zero-order valence-electron chi connectivity index (χ0n) is 9.72. The summed E-state index contributed by atoms with van der Waals surface area (Å²) in [6, 6.07) is 0. The van der Waals surface area contributed by atoms with Crippen molar-refractivity contribution in [1.29, 1.82) is 0 Å². The number of thioether (sulfide) groups is 1. The van der Waals surface area contributed by atoms with Gasteiger partial charge in [-0.25, -0.2) is 0 Å². The maximum absolute atomic E-state index is 12.2. The molecule has 0 radical (unpaired) electrons. The topological polar surface area (TPSA) is 55.6 Å². The fourth-order valence-electron chi connectivity index (χ4n) is 2.28. The number of hydrogen-bond donors (Lipinski definition) is 1. The first-order valence-electron chi connectivity index (χ1n) is 5.96. The van der Waals surface area contributed by atoms with E-state index in [2.05, 4.69) is 6.92 Å². The molecule has 16 heavy (non-hydrogen) atoms. The van der Waals surface area contributed by atoms with Crippen molar-refractivity contribution in [1.82, 2.24) is 4.90 Å². The van der Waals surface area contributed by atoms with Gasteiger partial charge in [0, 0.05) is 30.6 Å². The van der Waals surface area contributed by atoms with Gasteiger partial charge in [-0.05, 0) is 12.8 Å². The molecule has 5 heteroatoms. The summed E-state index contributed by atoms with van der Waals surface area (Å²) in [4.78, 5) is 14.1. The molecule has 3 atom stereocenters. The van der Waals surface area contributed by atoms with Crippen molar-refractivity contribution in [2.24, 2.45) is 5.73 Å². The van der Waals surface area contributed by atoms with Gasteiger partial charge in [-0.1, -0.05) is 6.92 Å². The number of hydrogen-bond acceptors (Lipinski definition) is 4. The zero-order valence-corrected chi connectivity index (χ0v) is 10.5. The van der Waals surface area contributed by atoms with Gasteiger partial charge in [0.25, 0.3) is 5.91 Å². The van der Waals surface area contributed by atoms with Crippen molar-refractivity contribution >= 4 is 17.7 Å². The van der Waals surface area contributed by atoms with Gasteiger partial charge in [-0.3, -0.25) is 4.79 Å². The summed E-state index contributed by atoms with van der Waals surface area (Å²) in [5, 5.41) is 0.546. The van der Waals surface area contributed by atoms with E-state index in [1.54, 1.807) is 0 Å². The van der Waals surface area contributed by atoms with Crippen LogP contribution >= 0.6 is 11.8 Å². The SMILES string of the molecule is CC1CN(C(=O)[C@@H]2CC[C@H](CN)O2)CCS1. The lowest BCUT2D eigenvalue weighted by Gasteiger charge is -2.32. The lowest BCUT2D eigenvalue weighted by molar-refractivity contribution is -0.142. The maximum Gasteiger partial charge on any atom is 0.251 e. The fourth-order valence-corrected chi connectivity index (χ4v) is 3.30. The van der Waals surface area contributed by atoms with E-state index in [1.165, 1.54) is 0 Å². The number of nitrogens with two attached hydrogens (primary N) is 1. The van der Waals surface area contributed by atoms with Crippen LogP contribution in [-0.4, -0.2) is 53.7 Å². The zero-order chi connectivity index (χ0) is 11.5. The third-order valence-corrected chi connectivity index (χ3v) is 4.34. The molecule has 0 aliphatic carbocycles. The molecule has 2 aliphatic heterocycles. The van der Waals surface area contributed by atoms with Gasteiger partial charge >= 0.3 is 0 Å². The van der Waals surface area contributed by atoms with Crippen molar-refractivity contribution in [3.05, 3.63) is 0 Å². The van der Waals surface area contributed by atoms with Crippen LogP contribution in [0.15, 0.2) is 0 Å². The van der Waals surface area contributed by atoms with E-state index in [9.17, 15) is 4.79 Å². The first-order chi connectivity index (χ1) is 7.70. The van der Waals surface area contributed by atoms with Crippen molar-refractivity contribution in [2.45, 2.75) is 37.2 Å². The Bertz CT molecular complexity index is 262. The van der Waals surface area contributed by atoms with E-state index >= 15 is 0 Å². The van der Waals surface area contributed by atoms with Gasteiger partial charge < -0.3 is 15.4 Å². The monoisotopic (exact) mass is 244 g/mol. The van der Waals surface area contributed by atoms with Crippen LogP contribution in [0.4, 0.5) is 0 Å². The van der Waals surface area contributed by atoms with Crippen LogP contribution in [-0.2, 0) is 9.53 Å². The summed E-state index contributed by atoms with van der Waals surface area (Å²) in [7, 11) is 0. The van der Waals surface area contributed by atoms with Crippen LogP contribution in [0.5, 0.6) is 0 Å². The highest BCUT2D eigenvalue weighted by molar-refractivity contribution is 7.99. The summed E-state index contributed by atoms with van der Waals surface area (Å²) in [6.45, 7) is 4.41. The van der Waals surface area contributed by atoms with E-state index in [1.807, 2.05) is 16.7 Å². The third kappa shape index (κ3) is 2.70. The molecule has 2 saturated heterocycles. The van der Waals surface area contributed by atoms with Gasteiger partial charge in [0.2, 0.25) is 0 Å². The van der Waals surface area contributed by atoms with E-state index in [-0.39, 0.29) is 18.1 Å². The van der Waals surface area contributed by atoms with Gasteiger partial charge in [-0.2, -0.15) is 11.8 Å². The predicted molar refractivity (Wildman–Crippen MR) is 65.4 cm³/mol. The second-order valence-electron chi connectivity index (χ2n) is 4.53. The second kappa shape index (κ2) is 5.38. The highest BCUT2D eigenvalue weighted by Crippen LogP contribution is 2.24. The summed E-state index contributed by atoms with van der Waals surface area (Å²) < 4.78 is 5.64. The highest BCUT2D eigenvalue weighted by Gasteiger charge is 2.34. The summed E-state index contributed by atoms with van der Waals surface area (Å²) in [5.74, 6) is 1.21. The first kappa shape index (κ1) is 12.2. The molecule has 2 N–H and O–H groups in total. The molecule has 92 valence electrons. The lowest BCUT2D eigenvalue weighted by atomic mass is 10.1. The van der Waals surface area contributed by atoms with E-state index in [4.69, 9.17) is 10.5 Å². The molecule has 1 unspecified atom stereocenters. The number of rotatable bonds is 2. The number of amides is 1. The first-order valence-corrected chi connectivity index (χ1v) is 7.01. The van der Waals surface area contributed by atoms with E-state index < -0.39 is 0 Å². The number of nitrogens with zero attached hydrogens (tertiary/aromatic N) is 1. The predicted octanol–water partition coefficient (Wildman–Crippen LogP) is 0.457. The van der Waals surface area contributed by atoms with Crippen LogP contribution in [0, 0.1) is 0 Å². The lowest BCUT2D eigenvalue weighted by Crippen LogP contribution is -2.46. The molecular formula is C11H20N2O2S. The third-order valence-electron chi connectivity index (χ3n) is 3.20. The van der Waals surface area contributed by atoms with Crippen molar-refractivity contribution in [2.75, 3.05) is 25.4 Å². The average Bonchev–Trinajstić information content (AvgIpc) is 2.76. The minimum Gasteiger partial charge on any atom is -0.364 e. The van der Waals surface area contributed by atoms with Crippen molar-refractivity contribution < 1.29 is 9.53 Å². The van der Waals surface area contributed by atoms with Crippen LogP contribution < -0.4 is 5.73 Å². The number of ether oxygens (including phenoxy) is 1. The normalized spacial score (nSPS) is 35.4. The minimum atomic E-state index is -0.233. The maximum atomic E-state index is 12.2. The molecule has 0 aromatic heterocycles. The Labute approximate surface area is 101 Å². The Kier molecular flexibility index (Phi) is 4.10. The molecule has 0 bridgehead atoms.